The van der Waals surface area contributed by atoms with E-state index in [9.17, 15) is 9.18 Å². The molecule has 0 fully saturated rings. The third-order valence-electron chi connectivity index (χ3n) is 4.23. The summed E-state index contributed by atoms with van der Waals surface area (Å²) >= 11 is 0. The molecule has 28 heavy (non-hydrogen) atoms. The standard InChI is InChI=1S/C20H22FN5O2/c1-13(2)15-4-7-17(8-5-15)28-11-10-20(27)22-16-6-9-18(21)19(12-16)26-14(3)23-24-25-26/h4-9,12-13H,10-11H2,1-3H3,(H,22,27). The zero-order valence-corrected chi connectivity index (χ0v) is 16.0. The zero-order chi connectivity index (χ0) is 20.1. The number of hydrogen-bond acceptors (Lipinski definition) is 5. The molecule has 2 aromatic carbocycles. The minimum atomic E-state index is -0.485. The molecular weight excluding hydrogens is 361 g/mol. The highest BCUT2D eigenvalue weighted by atomic mass is 19.1. The van der Waals surface area contributed by atoms with E-state index in [1.54, 1.807) is 6.92 Å². The summed E-state index contributed by atoms with van der Waals surface area (Å²) in [7, 11) is 0. The fraction of sp³-hybridized carbons (Fsp3) is 0.300. The number of aryl methyl sites for hydroxylation is 1. The first-order valence-corrected chi connectivity index (χ1v) is 9.01. The van der Waals surface area contributed by atoms with E-state index in [4.69, 9.17) is 4.74 Å². The molecule has 3 rings (SSSR count). The molecule has 0 bridgehead atoms. The lowest BCUT2D eigenvalue weighted by Crippen LogP contribution is -2.15. The summed E-state index contributed by atoms with van der Waals surface area (Å²) in [6, 6.07) is 12.1. The number of halogens is 1. The van der Waals surface area contributed by atoms with Crippen LogP contribution in [0.25, 0.3) is 5.69 Å². The Bertz CT molecular complexity index is 953. The van der Waals surface area contributed by atoms with E-state index < -0.39 is 5.82 Å². The van der Waals surface area contributed by atoms with Gasteiger partial charge in [-0.3, -0.25) is 4.79 Å². The molecular formula is C20H22FN5O2. The third kappa shape index (κ3) is 4.70. The number of nitrogens with zero attached hydrogens (tertiary/aromatic N) is 4. The molecule has 0 saturated carbocycles. The highest BCUT2D eigenvalue weighted by molar-refractivity contribution is 5.91. The number of anilines is 1. The Balaban J connectivity index is 1.56. The van der Waals surface area contributed by atoms with E-state index in [2.05, 4.69) is 34.7 Å². The van der Waals surface area contributed by atoms with E-state index in [0.717, 1.165) is 5.75 Å². The fourth-order valence-electron chi connectivity index (χ4n) is 2.64. The van der Waals surface area contributed by atoms with E-state index >= 15 is 0 Å². The second-order valence-corrected chi connectivity index (χ2v) is 6.67. The molecule has 1 N–H and O–H groups in total. The maximum absolute atomic E-state index is 14.1. The van der Waals surface area contributed by atoms with Crippen LogP contribution in [-0.2, 0) is 4.79 Å². The van der Waals surface area contributed by atoms with E-state index in [1.165, 1.54) is 28.4 Å². The molecule has 3 aromatic rings. The van der Waals surface area contributed by atoms with Crippen molar-refractivity contribution in [3.05, 3.63) is 59.7 Å². The summed E-state index contributed by atoms with van der Waals surface area (Å²) in [6.45, 7) is 6.16. The predicted octanol–water partition coefficient (Wildman–Crippen LogP) is 3.64. The number of rotatable bonds is 7. The highest BCUT2D eigenvalue weighted by Gasteiger charge is 2.12. The molecule has 8 heteroatoms. The topological polar surface area (TPSA) is 81.9 Å². The molecule has 1 amide bonds. The minimum Gasteiger partial charge on any atom is -0.493 e. The van der Waals surface area contributed by atoms with Crippen LogP contribution in [0.1, 0.15) is 37.6 Å². The van der Waals surface area contributed by atoms with Gasteiger partial charge >= 0.3 is 0 Å². The van der Waals surface area contributed by atoms with Crippen molar-refractivity contribution >= 4 is 11.6 Å². The number of carbonyl (C=O) groups is 1. The molecule has 146 valence electrons. The van der Waals surface area contributed by atoms with Crippen molar-refractivity contribution in [2.24, 2.45) is 0 Å². The van der Waals surface area contributed by atoms with Crippen molar-refractivity contribution in [3.63, 3.8) is 0 Å². The first-order valence-electron chi connectivity index (χ1n) is 9.01. The summed E-state index contributed by atoms with van der Waals surface area (Å²) in [5.74, 6) is 0.901. The van der Waals surface area contributed by atoms with Gasteiger partial charge in [-0.15, -0.1) is 5.10 Å². The van der Waals surface area contributed by atoms with Crippen molar-refractivity contribution in [2.75, 3.05) is 11.9 Å². The van der Waals surface area contributed by atoms with Crippen LogP contribution in [0.3, 0.4) is 0 Å². The van der Waals surface area contributed by atoms with Gasteiger partial charge in [-0.1, -0.05) is 26.0 Å². The number of nitrogens with one attached hydrogen (secondary N) is 1. The van der Waals surface area contributed by atoms with Crippen LogP contribution in [0.5, 0.6) is 5.75 Å². The monoisotopic (exact) mass is 383 g/mol. The van der Waals surface area contributed by atoms with Gasteiger partial charge in [-0.2, -0.15) is 4.68 Å². The lowest BCUT2D eigenvalue weighted by Gasteiger charge is -2.10. The van der Waals surface area contributed by atoms with Crippen LogP contribution >= 0.6 is 0 Å². The number of carbonyl (C=O) groups excluding carboxylic acids is 1. The molecule has 0 aliphatic heterocycles. The molecule has 0 radical (unpaired) electrons. The Kier molecular flexibility index (Phi) is 5.98. The maximum Gasteiger partial charge on any atom is 0.227 e. The molecule has 0 atom stereocenters. The van der Waals surface area contributed by atoms with Crippen molar-refractivity contribution in [2.45, 2.75) is 33.1 Å². The molecule has 0 aliphatic rings. The third-order valence-corrected chi connectivity index (χ3v) is 4.23. The number of benzene rings is 2. The summed E-state index contributed by atoms with van der Waals surface area (Å²) < 4.78 is 21.0. The Morgan fingerprint density at radius 2 is 1.96 bits per heavy atom. The Labute approximate surface area is 162 Å². The summed E-state index contributed by atoms with van der Waals surface area (Å²) in [5, 5.41) is 13.7. The minimum absolute atomic E-state index is 0.168. The van der Waals surface area contributed by atoms with Crippen LogP contribution in [0.4, 0.5) is 10.1 Å². The summed E-state index contributed by atoms with van der Waals surface area (Å²) in [4.78, 5) is 12.2. The Morgan fingerprint density at radius 1 is 1.21 bits per heavy atom. The van der Waals surface area contributed by atoms with Crippen molar-refractivity contribution in [3.8, 4) is 11.4 Å². The second-order valence-electron chi connectivity index (χ2n) is 6.67. The lowest BCUT2D eigenvalue weighted by atomic mass is 10.0. The van der Waals surface area contributed by atoms with Crippen LogP contribution in [0, 0.1) is 12.7 Å². The molecule has 0 saturated heterocycles. The van der Waals surface area contributed by atoms with Crippen LogP contribution in [0.2, 0.25) is 0 Å². The van der Waals surface area contributed by atoms with Crippen molar-refractivity contribution < 1.29 is 13.9 Å². The predicted molar refractivity (Wildman–Crippen MR) is 103 cm³/mol. The van der Waals surface area contributed by atoms with Gasteiger partial charge in [0.25, 0.3) is 0 Å². The molecule has 0 spiro atoms. The summed E-state index contributed by atoms with van der Waals surface area (Å²) in [5.41, 5.74) is 1.86. The quantitative estimate of drug-likeness (QED) is 0.674. The number of tetrazole rings is 1. The van der Waals surface area contributed by atoms with Gasteiger partial charge in [0, 0.05) is 5.69 Å². The van der Waals surface area contributed by atoms with Gasteiger partial charge in [0.2, 0.25) is 5.91 Å². The zero-order valence-electron chi connectivity index (χ0n) is 16.0. The first kappa shape index (κ1) is 19.5. The normalized spacial score (nSPS) is 10.9. The van der Waals surface area contributed by atoms with E-state index in [1.807, 2.05) is 24.3 Å². The fourth-order valence-corrected chi connectivity index (χ4v) is 2.64. The van der Waals surface area contributed by atoms with E-state index in [-0.39, 0.29) is 24.6 Å². The average molecular weight is 383 g/mol. The van der Waals surface area contributed by atoms with Gasteiger partial charge in [0.05, 0.1) is 13.0 Å². The van der Waals surface area contributed by atoms with Gasteiger partial charge in [-0.05, 0) is 59.2 Å². The van der Waals surface area contributed by atoms with Gasteiger partial charge in [0.1, 0.15) is 17.3 Å². The molecule has 1 aromatic heterocycles. The Morgan fingerprint density at radius 3 is 2.61 bits per heavy atom. The van der Waals surface area contributed by atoms with Gasteiger partial charge in [0.15, 0.2) is 5.82 Å². The number of aromatic nitrogens is 4. The maximum atomic E-state index is 14.1. The lowest BCUT2D eigenvalue weighted by molar-refractivity contribution is -0.116. The van der Waals surface area contributed by atoms with Gasteiger partial charge < -0.3 is 10.1 Å². The highest BCUT2D eigenvalue weighted by Crippen LogP contribution is 2.20. The van der Waals surface area contributed by atoms with Crippen molar-refractivity contribution in [1.82, 2.24) is 20.2 Å². The summed E-state index contributed by atoms with van der Waals surface area (Å²) in [6.07, 6.45) is 0.169. The van der Waals surface area contributed by atoms with Crippen LogP contribution < -0.4 is 10.1 Å². The number of amides is 1. The molecule has 0 unspecified atom stereocenters. The average Bonchev–Trinajstić information content (AvgIpc) is 3.09. The smallest absolute Gasteiger partial charge is 0.227 e. The molecule has 0 aliphatic carbocycles. The van der Waals surface area contributed by atoms with E-state index in [0.29, 0.717) is 17.4 Å². The van der Waals surface area contributed by atoms with Gasteiger partial charge in [-0.25, -0.2) is 4.39 Å². The van der Waals surface area contributed by atoms with Crippen LogP contribution in [-0.4, -0.2) is 32.7 Å². The molecule has 1 heterocycles. The van der Waals surface area contributed by atoms with Crippen LogP contribution in [0.15, 0.2) is 42.5 Å². The SMILES string of the molecule is Cc1nnnn1-c1cc(NC(=O)CCOc2ccc(C(C)C)cc2)ccc1F. The second kappa shape index (κ2) is 8.60. The first-order chi connectivity index (χ1) is 13.4. The number of ether oxygens (including phenoxy) is 1. The molecule has 7 nitrogen and oxygen atoms in total. The Hall–Kier alpha value is -3.29. The number of hydrogen-bond donors (Lipinski definition) is 1. The largest absolute Gasteiger partial charge is 0.493 e. The van der Waals surface area contributed by atoms with Crippen molar-refractivity contribution in [1.29, 1.82) is 0 Å².